The molecule has 1 N–H and O–H groups in total. The summed E-state index contributed by atoms with van der Waals surface area (Å²) >= 11 is 6.00. The number of benzene rings is 1. The summed E-state index contributed by atoms with van der Waals surface area (Å²) in [6, 6.07) is 2.58. The van der Waals surface area contributed by atoms with Gasteiger partial charge in [0, 0.05) is 13.1 Å². The number of carbonyl (C=O) groups is 1. The highest BCUT2D eigenvalue weighted by atomic mass is 35.5. The summed E-state index contributed by atoms with van der Waals surface area (Å²) in [5.74, 6) is -1.25. The van der Waals surface area contributed by atoms with Crippen molar-refractivity contribution >= 4 is 40.6 Å². The van der Waals surface area contributed by atoms with Gasteiger partial charge in [-0.2, -0.15) is 13.2 Å². The fraction of sp³-hybridized carbons (Fsp3) is 0.421. The lowest BCUT2D eigenvalue weighted by atomic mass is 9.98. The van der Waals surface area contributed by atoms with Crippen molar-refractivity contribution < 1.29 is 27.6 Å². The predicted molar refractivity (Wildman–Crippen MR) is 110 cm³/mol. The lowest BCUT2D eigenvalue weighted by Gasteiger charge is -2.32. The van der Waals surface area contributed by atoms with Crippen molar-refractivity contribution in [2.75, 3.05) is 29.9 Å². The number of hydrogen-bond acceptors (Lipinski definition) is 8. The van der Waals surface area contributed by atoms with Crippen molar-refractivity contribution in [1.82, 2.24) is 9.97 Å². The number of hydrogen-bond donors (Lipinski definition) is 1. The molecular formula is C19H19ClF3N5O4. The molecule has 0 spiro atoms. The highest BCUT2D eigenvalue weighted by Crippen LogP contribution is 2.39. The Morgan fingerprint density at radius 2 is 2.16 bits per heavy atom. The molecule has 3 rings (SSSR count). The average Bonchev–Trinajstić information content (AvgIpc) is 2.74. The number of halogens is 4. The van der Waals surface area contributed by atoms with Crippen LogP contribution < -0.4 is 10.2 Å². The smallest absolute Gasteiger partial charge is 0.416 e. The Kier molecular flexibility index (Phi) is 7.02. The zero-order valence-electron chi connectivity index (χ0n) is 16.9. The molecule has 1 aromatic carbocycles. The molecule has 1 aliphatic heterocycles. The Labute approximate surface area is 185 Å². The molecule has 2 heterocycles. The maximum absolute atomic E-state index is 13.1. The molecule has 172 valence electrons. The average molecular weight is 474 g/mol. The second kappa shape index (κ2) is 9.55. The number of nitrogens with zero attached hydrogens (tertiary/aromatic N) is 4. The fourth-order valence-corrected chi connectivity index (χ4v) is 3.57. The van der Waals surface area contributed by atoms with Crippen molar-refractivity contribution in [3.8, 4) is 0 Å². The third-order valence-electron chi connectivity index (χ3n) is 4.87. The topological polar surface area (TPSA) is 110 Å². The van der Waals surface area contributed by atoms with Crippen LogP contribution in [0, 0.1) is 16.0 Å². The minimum absolute atomic E-state index is 0.0513. The van der Waals surface area contributed by atoms with Gasteiger partial charge in [0.2, 0.25) is 11.6 Å². The van der Waals surface area contributed by atoms with Gasteiger partial charge in [0.1, 0.15) is 6.33 Å². The number of ether oxygens (including phenoxy) is 1. The van der Waals surface area contributed by atoms with Gasteiger partial charge in [0.05, 0.1) is 33.7 Å². The lowest BCUT2D eigenvalue weighted by Crippen LogP contribution is -2.40. The van der Waals surface area contributed by atoms with Gasteiger partial charge in [0.15, 0.2) is 0 Å². The van der Waals surface area contributed by atoms with Crippen LogP contribution in [0.25, 0.3) is 0 Å². The first kappa shape index (κ1) is 23.5. The molecule has 2 aromatic rings. The van der Waals surface area contributed by atoms with Crippen LogP contribution in [0.4, 0.5) is 36.2 Å². The van der Waals surface area contributed by atoms with Crippen LogP contribution in [0.1, 0.15) is 25.3 Å². The van der Waals surface area contributed by atoms with E-state index in [1.807, 2.05) is 0 Å². The van der Waals surface area contributed by atoms with Crippen molar-refractivity contribution in [2.24, 2.45) is 5.92 Å². The summed E-state index contributed by atoms with van der Waals surface area (Å²) < 4.78 is 44.2. The van der Waals surface area contributed by atoms with Crippen LogP contribution in [0.5, 0.6) is 0 Å². The molecule has 0 aliphatic carbocycles. The van der Waals surface area contributed by atoms with Gasteiger partial charge < -0.3 is 15.0 Å². The molecule has 1 unspecified atom stereocenters. The summed E-state index contributed by atoms with van der Waals surface area (Å²) in [5, 5.41) is 14.3. The van der Waals surface area contributed by atoms with E-state index in [2.05, 4.69) is 15.3 Å². The molecule has 13 heteroatoms. The van der Waals surface area contributed by atoms with Gasteiger partial charge in [-0.1, -0.05) is 11.6 Å². The zero-order valence-corrected chi connectivity index (χ0v) is 17.6. The molecule has 9 nitrogen and oxygen atoms in total. The predicted octanol–water partition coefficient (Wildman–Crippen LogP) is 4.58. The van der Waals surface area contributed by atoms with Gasteiger partial charge in [0.25, 0.3) is 0 Å². The van der Waals surface area contributed by atoms with Crippen LogP contribution in [-0.4, -0.2) is 40.6 Å². The van der Waals surface area contributed by atoms with E-state index in [9.17, 15) is 28.1 Å². The summed E-state index contributed by atoms with van der Waals surface area (Å²) in [6.45, 7) is 2.46. The summed E-state index contributed by atoms with van der Waals surface area (Å²) in [4.78, 5) is 32.7. The van der Waals surface area contributed by atoms with Crippen LogP contribution in [0.2, 0.25) is 5.02 Å². The first-order valence-corrected chi connectivity index (χ1v) is 10.0. The van der Waals surface area contributed by atoms with Gasteiger partial charge in [-0.05, 0) is 38.0 Å². The third-order valence-corrected chi connectivity index (χ3v) is 5.20. The Bertz CT molecular complexity index is 1020. The number of piperidine rings is 1. The molecule has 0 radical (unpaired) electrons. The summed E-state index contributed by atoms with van der Waals surface area (Å²) in [6.07, 6.45) is -2.42. The van der Waals surface area contributed by atoms with E-state index in [0.717, 1.165) is 24.5 Å². The monoisotopic (exact) mass is 473 g/mol. The maximum Gasteiger partial charge on any atom is 0.416 e. The number of anilines is 3. The van der Waals surface area contributed by atoms with E-state index in [1.165, 1.54) is 0 Å². The van der Waals surface area contributed by atoms with Crippen molar-refractivity contribution in [3.05, 3.63) is 45.2 Å². The van der Waals surface area contributed by atoms with E-state index in [0.29, 0.717) is 19.4 Å². The normalized spacial score (nSPS) is 16.5. The van der Waals surface area contributed by atoms with Crippen LogP contribution >= 0.6 is 11.6 Å². The molecule has 1 atom stereocenters. The SMILES string of the molecule is CCOC(=O)C1CCCN(c2ncnc(Nc3cc(C(F)(F)F)ccc3Cl)c2[N+](=O)[O-])C1. The van der Waals surface area contributed by atoms with Crippen molar-refractivity contribution in [3.63, 3.8) is 0 Å². The number of alkyl halides is 3. The molecule has 1 saturated heterocycles. The van der Waals surface area contributed by atoms with Gasteiger partial charge in [-0.25, -0.2) is 9.97 Å². The number of aromatic nitrogens is 2. The van der Waals surface area contributed by atoms with E-state index in [-0.39, 0.29) is 35.5 Å². The summed E-state index contributed by atoms with van der Waals surface area (Å²) in [5.41, 5.74) is -1.71. The highest BCUT2D eigenvalue weighted by Gasteiger charge is 2.34. The Morgan fingerprint density at radius 1 is 1.41 bits per heavy atom. The van der Waals surface area contributed by atoms with E-state index < -0.39 is 34.2 Å². The minimum Gasteiger partial charge on any atom is -0.466 e. The number of esters is 1. The number of nitrogens with one attached hydrogen (secondary N) is 1. The summed E-state index contributed by atoms with van der Waals surface area (Å²) in [7, 11) is 0. The number of rotatable bonds is 6. The molecule has 1 aromatic heterocycles. The Hall–Kier alpha value is -3.15. The second-order valence-electron chi connectivity index (χ2n) is 7.01. The Morgan fingerprint density at radius 3 is 2.81 bits per heavy atom. The largest absolute Gasteiger partial charge is 0.466 e. The van der Waals surface area contributed by atoms with E-state index in [4.69, 9.17) is 16.3 Å². The Balaban J connectivity index is 1.96. The van der Waals surface area contributed by atoms with Gasteiger partial charge in [-0.3, -0.25) is 14.9 Å². The molecule has 32 heavy (non-hydrogen) atoms. The zero-order chi connectivity index (χ0) is 23.5. The fourth-order valence-electron chi connectivity index (χ4n) is 3.41. The molecule has 0 amide bonds. The van der Waals surface area contributed by atoms with Crippen molar-refractivity contribution in [1.29, 1.82) is 0 Å². The van der Waals surface area contributed by atoms with Crippen molar-refractivity contribution in [2.45, 2.75) is 25.9 Å². The second-order valence-corrected chi connectivity index (χ2v) is 7.41. The van der Waals surface area contributed by atoms with E-state index in [1.54, 1.807) is 11.8 Å². The van der Waals surface area contributed by atoms with Crippen LogP contribution in [0.15, 0.2) is 24.5 Å². The van der Waals surface area contributed by atoms with E-state index >= 15 is 0 Å². The third kappa shape index (κ3) is 5.18. The molecule has 0 saturated carbocycles. The van der Waals surface area contributed by atoms with Gasteiger partial charge in [-0.15, -0.1) is 0 Å². The quantitative estimate of drug-likeness (QED) is 0.369. The van der Waals surface area contributed by atoms with Crippen LogP contribution in [-0.2, 0) is 15.7 Å². The van der Waals surface area contributed by atoms with Crippen LogP contribution in [0.3, 0.4) is 0 Å². The minimum atomic E-state index is -4.63. The molecule has 0 bridgehead atoms. The number of carbonyl (C=O) groups excluding carboxylic acids is 1. The molecular weight excluding hydrogens is 455 g/mol. The first-order chi connectivity index (χ1) is 15.1. The maximum atomic E-state index is 13.1. The van der Waals surface area contributed by atoms with Gasteiger partial charge >= 0.3 is 17.8 Å². The molecule has 1 aliphatic rings. The first-order valence-electron chi connectivity index (χ1n) is 9.66. The highest BCUT2D eigenvalue weighted by molar-refractivity contribution is 6.33. The molecule has 1 fully saturated rings. The standard InChI is InChI=1S/C19H19ClF3N5O4/c1-2-32-18(29)11-4-3-7-27(9-11)17-15(28(30)31)16(24-10-25-17)26-14-8-12(19(21,22)23)5-6-13(14)20/h5-6,8,10-11H,2-4,7,9H2,1H3,(H,24,25,26). The number of nitro groups is 1. The lowest BCUT2D eigenvalue weighted by molar-refractivity contribution is -0.383.